The van der Waals surface area contributed by atoms with Crippen LogP contribution in [0.5, 0.6) is 0 Å². The number of nitriles is 1. The second kappa shape index (κ2) is 7.12. The number of benzene rings is 2. The first kappa shape index (κ1) is 17.5. The highest BCUT2D eigenvalue weighted by atomic mass is 28.3. The van der Waals surface area contributed by atoms with Crippen LogP contribution in [0.15, 0.2) is 54.6 Å². The van der Waals surface area contributed by atoms with E-state index in [9.17, 15) is 0 Å². The minimum atomic E-state index is -1.20. The zero-order chi connectivity index (χ0) is 16.9. The predicted octanol–water partition coefficient (Wildman–Crippen LogP) is 4.58. The van der Waals surface area contributed by atoms with Gasteiger partial charge in [0.2, 0.25) is 0 Å². The average molecular weight is 324 g/mol. The Bertz CT molecular complexity index is 666. The summed E-state index contributed by atoms with van der Waals surface area (Å²) in [4.78, 5) is 0. The van der Waals surface area contributed by atoms with Gasteiger partial charge < -0.3 is 4.48 Å². The molecule has 0 aliphatic carbocycles. The summed E-state index contributed by atoms with van der Waals surface area (Å²) >= 11 is 0. The number of hydrogen-bond acceptors (Lipinski definition) is 1. The van der Waals surface area contributed by atoms with Crippen molar-refractivity contribution in [3.05, 3.63) is 71.3 Å². The highest BCUT2D eigenvalue weighted by Crippen LogP contribution is 2.21. The maximum Gasteiger partial charge on any atom is 0.110 e. The molecule has 0 saturated heterocycles. The van der Waals surface area contributed by atoms with Crippen molar-refractivity contribution < 1.29 is 4.48 Å². The van der Waals surface area contributed by atoms with Crippen LogP contribution in [-0.2, 0) is 13.1 Å². The Hall–Kier alpha value is -1.89. The molecule has 0 aromatic heterocycles. The molecule has 0 radical (unpaired) electrons. The first-order chi connectivity index (χ1) is 10.8. The Labute approximate surface area is 141 Å². The summed E-state index contributed by atoms with van der Waals surface area (Å²) in [5.41, 5.74) is 3.43. The number of rotatable bonds is 6. The fourth-order valence-corrected chi connectivity index (χ4v) is 5.98. The van der Waals surface area contributed by atoms with Crippen LogP contribution in [0.25, 0.3) is 0 Å². The van der Waals surface area contributed by atoms with E-state index in [0.29, 0.717) is 0 Å². The highest BCUT2D eigenvalue weighted by molar-refractivity contribution is 6.75. The summed E-state index contributed by atoms with van der Waals surface area (Å²) < 4.78 is 1.02. The summed E-state index contributed by atoms with van der Waals surface area (Å²) in [7, 11) is 1.17. The Balaban J connectivity index is 2.23. The summed E-state index contributed by atoms with van der Waals surface area (Å²) in [6.45, 7) is 9.36. The minimum absolute atomic E-state index is 0.733. The number of nitrogens with zero attached hydrogens (tertiary/aromatic N) is 2. The van der Waals surface area contributed by atoms with E-state index in [2.05, 4.69) is 75.2 Å². The first-order valence-electron chi connectivity index (χ1n) is 8.16. The van der Waals surface area contributed by atoms with Gasteiger partial charge in [-0.25, -0.2) is 0 Å². The van der Waals surface area contributed by atoms with Crippen molar-refractivity contribution in [2.24, 2.45) is 0 Å². The van der Waals surface area contributed by atoms with E-state index in [4.69, 9.17) is 5.26 Å². The number of hydrogen-bond donors (Lipinski definition) is 0. The molecule has 3 heteroatoms. The molecule has 0 N–H and O–H groups in total. The van der Waals surface area contributed by atoms with Crippen molar-refractivity contribution in [3.63, 3.8) is 0 Å². The van der Waals surface area contributed by atoms with E-state index in [1.807, 2.05) is 12.1 Å². The average Bonchev–Trinajstić information content (AvgIpc) is 2.46. The molecular weight excluding hydrogens is 296 g/mol. The molecular formula is C20H27N2Si+. The molecule has 0 spiro atoms. The topological polar surface area (TPSA) is 23.8 Å². The highest BCUT2D eigenvalue weighted by Gasteiger charge is 2.30. The largest absolute Gasteiger partial charge is 0.322 e. The molecule has 0 bridgehead atoms. The summed E-state index contributed by atoms with van der Waals surface area (Å²) in [6, 6.07) is 21.0. The van der Waals surface area contributed by atoms with Gasteiger partial charge in [-0.3, -0.25) is 0 Å². The van der Waals surface area contributed by atoms with Crippen LogP contribution in [0.2, 0.25) is 19.6 Å². The fraction of sp³-hybridized carbons (Fsp3) is 0.350. The van der Waals surface area contributed by atoms with Crippen molar-refractivity contribution >= 4 is 8.07 Å². The molecule has 1 atom stereocenters. The summed E-state index contributed by atoms with van der Waals surface area (Å²) in [5.74, 6) is 0. The summed E-state index contributed by atoms with van der Waals surface area (Å²) in [6.07, 6.45) is 1.24. The van der Waals surface area contributed by atoms with Gasteiger partial charge in [0.05, 0.1) is 24.8 Å². The molecule has 23 heavy (non-hydrogen) atoms. The van der Waals surface area contributed by atoms with Gasteiger partial charge in [0.1, 0.15) is 21.2 Å². The molecule has 2 aromatic carbocycles. The third-order valence-corrected chi connectivity index (χ3v) is 5.62. The maximum absolute atomic E-state index is 8.96. The van der Waals surface area contributed by atoms with E-state index in [-0.39, 0.29) is 0 Å². The van der Waals surface area contributed by atoms with Crippen LogP contribution in [0.3, 0.4) is 0 Å². The quantitative estimate of drug-likeness (QED) is 0.564. The Morgan fingerprint density at radius 2 is 1.39 bits per heavy atom. The van der Waals surface area contributed by atoms with Gasteiger partial charge >= 0.3 is 0 Å². The molecule has 0 aliphatic heterocycles. The molecule has 2 nitrogen and oxygen atoms in total. The lowest BCUT2D eigenvalue weighted by atomic mass is 10.1. The maximum atomic E-state index is 8.96. The smallest absolute Gasteiger partial charge is 0.110 e. The molecule has 0 saturated carbocycles. The first-order valence-corrected chi connectivity index (χ1v) is 11.9. The SMILES string of the molecule is C[N+](Cc1ccccc1)(Cc1ccc(C#N)cc1)C[Si](C)(C)C. The second-order valence-corrected chi connectivity index (χ2v) is 13.4. The van der Waals surface area contributed by atoms with Gasteiger partial charge in [0.15, 0.2) is 0 Å². The Morgan fingerprint density at radius 3 is 1.87 bits per heavy atom. The van der Waals surface area contributed by atoms with Crippen LogP contribution >= 0.6 is 0 Å². The minimum Gasteiger partial charge on any atom is -0.322 e. The van der Waals surface area contributed by atoms with Gasteiger partial charge in [0.25, 0.3) is 0 Å². The van der Waals surface area contributed by atoms with Gasteiger partial charge in [0, 0.05) is 11.1 Å². The molecule has 0 aliphatic rings. The van der Waals surface area contributed by atoms with Gasteiger partial charge in [-0.15, -0.1) is 0 Å². The fourth-order valence-electron chi connectivity index (χ4n) is 3.46. The second-order valence-electron chi connectivity index (χ2n) is 7.95. The summed E-state index contributed by atoms with van der Waals surface area (Å²) in [5, 5.41) is 8.96. The standard InChI is InChI=1S/C20H27N2Si/c1-22(17-23(2,3)4,15-19-8-6-5-7-9-19)16-20-12-10-18(14-21)11-13-20/h5-13H,15-17H2,1-4H3/q+1. The normalized spacial score (nSPS) is 14.0. The van der Waals surface area contributed by atoms with Crippen LogP contribution in [0.4, 0.5) is 0 Å². The van der Waals surface area contributed by atoms with E-state index in [1.165, 1.54) is 17.3 Å². The van der Waals surface area contributed by atoms with Gasteiger partial charge in [-0.2, -0.15) is 5.26 Å². The molecule has 1 unspecified atom stereocenters. The zero-order valence-electron chi connectivity index (χ0n) is 14.7. The molecule has 0 heterocycles. The van der Waals surface area contributed by atoms with Gasteiger partial charge in [-0.05, 0) is 12.1 Å². The van der Waals surface area contributed by atoms with Crippen molar-refractivity contribution in [3.8, 4) is 6.07 Å². The van der Waals surface area contributed by atoms with E-state index < -0.39 is 8.07 Å². The predicted molar refractivity (Wildman–Crippen MR) is 99.4 cm³/mol. The molecule has 0 amide bonds. The van der Waals surface area contributed by atoms with E-state index in [1.54, 1.807) is 0 Å². The number of quaternary nitrogens is 1. The van der Waals surface area contributed by atoms with Crippen LogP contribution in [0, 0.1) is 11.3 Å². The van der Waals surface area contributed by atoms with E-state index in [0.717, 1.165) is 23.1 Å². The third-order valence-electron chi connectivity index (χ3n) is 3.91. The van der Waals surface area contributed by atoms with Crippen molar-refractivity contribution in [1.82, 2.24) is 0 Å². The van der Waals surface area contributed by atoms with E-state index >= 15 is 0 Å². The lowest BCUT2D eigenvalue weighted by molar-refractivity contribution is -0.926. The monoisotopic (exact) mass is 323 g/mol. The molecule has 120 valence electrons. The van der Waals surface area contributed by atoms with Crippen LogP contribution < -0.4 is 0 Å². The van der Waals surface area contributed by atoms with Crippen molar-refractivity contribution in [2.75, 3.05) is 13.2 Å². The van der Waals surface area contributed by atoms with Crippen LogP contribution in [0.1, 0.15) is 16.7 Å². The van der Waals surface area contributed by atoms with Gasteiger partial charge in [-0.1, -0.05) is 62.1 Å². The lowest BCUT2D eigenvalue weighted by Gasteiger charge is -2.39. The van der Waals surface area contributed by atoms with Crippen molar-refractivity contribution in [1.29, 1.82) is 5.26 Å². The molecule has 2 aromatic rings. The zero-order valence-corrected chi connectivity index (χ0v) is 15.7. The molecule has 0 fully saturated rings. The van der Waals surface area contributed by atoms with Crippen LogP contribution in [-0.4, -0.2) is 25.8 Å². The Kier molecular flexibility index (Phi) is 5.41. The Morgan fingerprint density at radius 1 is 0.870 bits per heavy atom. The molecule has 2 rings (SSSR count). The third kappa shape index (κ3) is 5.67. The van der Waals surface area contributed by atoms with Crippen molar-refractivity contribution in [2.45, 2.75) is 32.7 Å². The lowest BCUT2D eigenvalue weighted by Crippen LogP contribution is -2.52.